The van der Waals surface area contributed by atoms with E-state index < -0.39 is 5.97 Å². The second kappa shape index (κ2) is 7.31. The molecule has 0 saturated carbocycles. The number of hydrogen-bond acceptors (Lipinski definition) is 5. The van der Waals surface area contributed by atoms with E-state index in [4.69, 9.17) is 0 Å². The van der Waals surface area contributed by atoms with Crippen LogP contribution >= 0.6 is 11.8 Å². The van der Waals surface area contributed by atoms with Crippen molar-refractivity contribution in [1.82, 2.24) is 5.32 Å². The van der Waals surface area contributed by atoms with E-state index in [2.05, 4.69) is 15.0 Å². The van der Waals surface area contributed by atoms with E-state index in [0.29, 0.717) is 21.3 Å². The van der Waals surface area contributed by atoms with Crippen molar-refractivity contribution in [3.05, 3.63) is 70.4 Å². The maximum Gasteiger partial charge on any atom is 0.337 e. The number of thioether (sulfide) groups is 1. The summed E-state index contributed by atoms with van der Waals surface area (Å²) in [5, 5.41) is 3.09. The fourth-order valence-corrected chi connectivity index (χ4v) is 2.94. The van der Waals surface area contributed by atoms with Crippen LogP contribution in [0.1, 0.15) is 15.9 Å². The lowest BCUT2D eigenvalue weighted by molar-refractivity contribution is -0.115. The fraction of sp³-hybridized carbons (Fsp3) is 0.0556. The van der Waals surface area contributed by atoms with Crippen LogP contribution < -0.4 is 5.32 Å². The zero-order valence-electron chi connectivity index (χ0n) is 13.2. The Labute approximate surface area is 147 Å². The van der Waals surface area contributed by atoms with Gasteiger partial charge in [0.2, 0.25) is 0 Å². The highest BCUT2D eigenvalue weighted by molar-refractivity contribution is 8.18. The molecular weight excluding hydrogens is 343 g/mol. The summed E-state index contributed by atoms with van der Waals surface area (Å²) in [6.07, 6.45) is 1.70. The second-order valence-electron chi connectivity index (χ2n) is 5.07. The molecule has 0 aromatic heterocycles. The van der Waals surface area contributed by atoms with E-state index >= 15 is 0 Å². The molecule has 0 bridgehead atoms. The van der Waals surface area contributed by atoms with Crippen LogP contribution in [0.25, 0.3) is 6.08 Å². The number of amidine groups is 1. The lowest BCUT2D eigenvalue weighted by Crippen LogP contribution is -2.19. The van der Waals surface area contributed by atoms with E-state index in [9.17, 15) is 14.0 Å². The molecule has 0 radical (unpaired) electrons. The van der Waals surface area contributed by atoms with Crippen molar-refractivity contribution < 1.29 is 18.7 Å². The van der Waals surface area contributed by atoms with Crippen LogP contribution in [-0.2, 0) is 9.53 Å². The number of hydrogen-bond donors (Lipinski definition) is 1. The highest BCUT2D eigenvalue weighted by Crippen LogP contribution is 2.28. The molecule has 1 heterocycles. The second-order valence-corrected chi connectivity index (χ2v) is 6.10. The van der Waals surface area contributed by atoms with Gasteiger partial charge in [-0.25, -0.2) is 14.2 Å². The first-order valence-corrected chi connectivity index (χ1v) is 8.10. The summed E-state index contributed by atoms with van der Waals surface area (Å²) in [7, 11) is 1.32. The number of benzene rings is 2. The first-order valence-electron chi connectivity index (χ1n) is 7.29. The van der Waals surface area contributed by atoms with Crippen LogP contribution in [0.3, 0.4) is 0 Å². The van der Waals surface area contributed by atoms with Crippen LogP contribution in [0.2, 0.25) is 0 Å². The number of ether oxygens (including phenoxy) is 1. The van der Waals surface area contributed by atoms with Crippen molar-refractivity contribution in [2.75, 3.05) is 7.11 Å². The lowest BCUT2D eigenvalue weighted by atomic mass is 10.1. The van der Waals surface area contributed by atoms with Crippen molar-refractivity contribution in [2.24, 2.45) is 4.99 Å². The molecule has 0 unspecified atom stereocenters. The minimum Gasteiger partial charge on any atom is -0.465 e. The third-order valence-electron chi connectivity index (χ3n) is 3.34. The number of amides is 1. The summed E-state index contributed by atoms with van der Waals surface area (Å²) in [5.41, 5.74) is 1.76. The molecule has 0 spiro atoms. The van der Waals surface area contributed by atoms with Crippen LogP contribution in [0.15, 0.2) is 58.4 Å². The van der Waals surface area contributed by atoms with E-state index in [-0.39, 0.29) is 11.7 Å². The standard InChI is InChI=1S/C18H13FN2O3S/c1-24-17(23)12-4-2-11(3-5-12)10-15-16(22)21-18(25-15)20-14-8-6-13(19)7-9-14/h2-10H,1H3,(H,20,21,22). The van der Waals surface area contributed by atoms with Gasteiger partial charge in [-0.2, -0.15) is 0 Å². The number of carbonyl (C=O) groups excluding carboxylic acids is 2. The van der Waals surface area contributed by atoms with Crippen LogP contribution in [0, 0.1) is 5.82 Å². The van der Waals surface area contributed by atoms with Gasteiger partial charge in [0, 0.05) is 0 Å². The van der Waals surface area contributed by atoms with Crippen molar-refractivity contribution in [2.45, 2.75) is 0 Å². The average Bonchev–Trinajstić information content (AvgIpc) is 2.96. The minimum absolute atomic E-state index is 0.261. The van der Waals surface area contributed by atoms with Gasteiger partial charge in [-0.1, -0.05) is 12.1 Å². The number of methoxy groups -OCH3 is 1. The quantitative estimate of drug-likeness (QED) is 0.675. The Kier molecular flexibility index (Phi) is 4.95. The Morgan fingerprint density at radius 2 is 1.84 bits per heavy atom. The average molecular weight is 356 g/mol. The van der Waals surface area contributed by atoms with E-state index in [1.807, 2.05) is 0 Å². The zero-order valence-corrected chi connectivity index (χ0v) is 14.0. The van der Waals surface area contributed by atoms with E-state index in [1.165, 1.54) is 43.1 Å². The fourth-order valence-electron chi connectivity index (χ4n) is 2.10. The third-order valence-corrected chi connectivity index (χ3v) is 4.25. The molecule has 0 atom stereocenters. The summed E-state index contributed by atoms with van der Waals surface area (Å²) in [6, 6.07) is 12.4. The minimum atomic E-state index is -0.416. The highest BCUT2D eigenvalue weighted by Gasteiger charge is 2.23. The van der Waals surface area contributed by atoms with Crippen LogP contribution in [0.4, 0.5) is 10.1 Å². The summed E-state index contributed by atoms with van der Waals surface area (Å²) in [6.45, 7) is 0. The molecular formula is C18H13FN2O3S. The molecule has 1 N–H and O–H groups in total. The molecule has 7 heteroatoms. The SMILES string of the molecule is COC(=O)c1ccc(C=C2SC(=Nc3ccc(F)cc3)NC2=O)cc1. The summed E-state index contributed by atoms with van der Waals surface area (Å²) >= 11 is 1.19. The molecule has 1 aliphatic heterocycles. The Morgan fingerprint density at radius 3 is 2.48 bits per heavy atom. The molecule has 2 aromatic carbocycles. The number of nitrogens with zero attached hydrogens (tertiary/aromatic N) is 1. The number of rotatable bonds is 3. The van der Waals surface area contributed by atoms with Gasteiger partial charge in [0.25, 0.3) is 5.91 Å². The van der Waals surface area contributed by atoms with Crippen LogP contribution in [0.5, 0.6) is 0 Å². The van der Waals surface area contributed by atoms with E-state index in [0.717, 1.165) is 5.56 Å². The largest absolute Gasteiger partial charge is 0.465 e. The molecule has 1 amide bonds. The van der Waals surface area contributed by atoms with Gasteiger partial charge >= 0.3 is 5.97 Å². The van der Waals surface area contributed by atoms with E-state index in [1.54, 1.807) is 30.3 Å². The Morgan fingerprint density at radius 1 is 1.16 bits per heavy atom. The third kappa shape index (κ3) is 4.13. The predicted molar refractivity (Wildman–Crippen MR) is 95.0 cm³/mol. The van der Waals surface area contributed by atoms with Gasteiger partial charge in [0.05, 0.1) is 23.3 Å². The van der Waals surface area contributed by atoms with Crippen LogP contribution in [-0.4, -0.2) is 24.2 Å². The maximum atomic E-state index is 12.9. The Balaban J connectivity index is 1.77. The molecule has 2 aromatic rings. The number of nitrogens with one attached hydrogen (secondary N) is 1. The molecule has 25 heavy (non-hydrogen) atoms. The first kappa shape index (κ1) is 16.9. The summed E-state index contributed by atoms with van der Waals surface area (Å²) < 4.78 is 17.5. The monoisotopic (exact) mass is 356 g/mol. The smallest absolute Gasteiger partial charge is 0.337 e. The molecule has 0 aliphatic carbocycles. The number of carbonyl (C=O) groups is 2. The summed E-state index contributed by atoms with van der Waals surface area (Å²) in [4.78, 5) is 28.2. The number of esters is 1. The summed E-state index contributed by atoms with van der Waals surface area (Å²) in [5.74, 6) is -1.02. The van der Waals surface area contributed by atoms with Gasteiger partial charge in [-0.3, -0.25) is 4.79 Å². The van der Waals surface area contributed by atoms with Crippen molar-refractivity contribution >= 4 is 40.6 Å². The van der Waals surface area contributed by atoms with Gasteiger partial charge < -0.3 is 10.1 Å². The highest BCUT2D eigenvalue weighted by atomic mass is 32.2. The normalized spacial score (nSPS) is 17.0. The number of aliphatic imine (C=N–C) groups is 1. The number of halogens is 1. The Hall–Kier alpha value is -2.93. The molecule has 126 valence electrons. The van der Waals surface area contributed by atoms with Gasteiger partial charge in [-0.05, 0) is 59.8 Å². The van der Waals surface area contributed by atoms with Gasteiger partial charge in [0.15, 0.2) is 5.17 Å². The van der Waals surface area contributed by atoms with Gasteiger partial charge in [-0.15, -0.1) is 0 Å². The van der Waals surface area contributed by atoms with Crippen molar-refractivity contribution in [3.8, 4) is 0 Å². The molecule has 1 saturated heterocycles. The zero-order chi connectivity index (χ0) is 17.8. The topological polar surface area (TPSA) is 67.8 Å². The lowest BCUT2D eigenvalue weighted by Gasteiger charge is -1.99. The molecule has 1 aliphatic rings. The Bertz CT molecular complexity index is 874. The molecule has 1 fully saturated rings. The maximum absolute atomic E-state index is 12.9. The van der Waals surface area contributed by atoms with Crippen molar-refractivity contribution in [3.63, 3.8) is 0 Å². The first-order chi connectivity index (χ1) is 12.0. The molecule has 5 nitrogen and oxygen atoms in total. The van der Waals surface area contributed by atoms with Gasteiger partial charge in [0.1, 0.15) is 5.82 Å². The molecule has 3 rings (SSSR count). The van der Waals surface area contributed by atoms with Crippen molar-refractivity contribution in [1.29, 1.82) is 0 Å². The predicted octanol–water partition coefficient (Wildman–Crippen LogP) is 3.50.